The number of nitrogens with one attached hydrogen (secondary N) is 1. The van der Waals surface area contributed by atoms with Crippen LogP contribution in [0, 0.1) is 0 Å². The van der Waals surface area contributed by atoms with Gasteiger partial charge in [-0.3, -0.25) is 9.59 Å². The van der Waals surface area contributed by atoms with Gasteiger partial charge in [0.2, 0.25) is 5.91 Å². The Labute approximate surface area is 157 Å². The van der Waals surface area contributed by atoms with Crippen molar-refractivity contribution in [2.24, 2.45) is 0 Å². The van der Waals surface area contributed by atoms with Gasteiger partial charge in [-0.05, 0) is 37.1 Å². The fraction of sp³-hybridized carbons (Fsp3) is 0.286. The van der Waals surface area contributed by atoms with Gasteiger partial charge in [0, 0.05) is 18.7 Å². The Bertz CT molecular complexity index is 959. The number of para-hydroxylation sites is 2. The molecule has 3 aromatic rings. The molecular weight excluding hydrogens is 340 g/mol. The van der Waals surface area contributed by atoms with Crippen molar-refractivity contribution >= 4 is 22.8 Å². The second kappa shape index (κ2) is 7.61. The molecule has 4 rings (SSSR count). The number of nitrogens with zero attached hydrogens (tertiary/aromatic N) is 3. The highest BCUT2D eigenvalue weighted by Gasteiger charge is 2.21. The Kier molecular flexibility index (Phi) is 4.87. The number of carbonyl (C=O) groups excluding carboxylic acids is 2. The third kappa shape index (κ3) is 3.69. The van der Waals surface area contributed by atoms with Crippen molar-refractivity contribution in [1.29, 1.82) is 0 Å². The van der Waals surface area contributed by atoms with Crippen molar-refractivity contribution in [3.05, 3.63) is 66.0 Å². The van der Waals surface area contributed by atoms with Crippen molar-refractivity contribution in [2.45, 2.75) is 25.9 Å². The first-order valence-corrected chi connectivity index (χ1v) is 9.27. The molecular formula is C21H22N4O2. The van der Waals surface area contributed by atoms with E-state index in [1.165, 1.54) is 0 Å². The summed E-state index contributed by atoms with van der Waals surface area (Å²) in [5, 5.41) is 2.91. The molecule has 2 aromatic carbocycles. The molecule has 1 aromatic heterocycles. The van der Waals surface area contributed by atoms with Gasteiger partial charge in [0.05, 0.1) is 17.6 Å². The molecule has 0 spiro atoms. The smallest absolute Gasteiger partial charge is 0.251 e. The summed E-state index contributed by atoms with van der Waals surface area (Å²) in [6.07, 6.45) is 2.13. The Morgan fingerprint density at radius 1 is 0.963 bits per heavy atom. The maximum atomic E-state index is 12.7. The average Bonchev–Trinajstić information content (AvgIpc) is 3.35. The molecule has 27 heavy (non-hydrogen) atoms. The van der Waals surface area contributed by atoms with Gasteiger partial charge in [-0.25, -0.2) is 4.98 Å². The van der Waals surface area contributed by atoms with Crippen LogP contribution in [0.4, 0.5) is 0 Å². The first-order valence-electron chi connectivity index (χ1n) is 9.27. The second-order valence-corrected chi connectivity index (χ2v) is 6.74. The SMILES string of the molecule is O=C(NCc1nc2ccccc2n1CC(=O)N1CCCC1)c1ccccc1. The summed E-state index contributed by atoms with van der Waals surface area (Å²) < 4.78 is 1.92. The zero-order valence-electron chi connectivity index (χ0n) is 15.1. The molecule has 0 atom stereocenters. The number of imidazole rings is 1. The Balaban J connectivity index is 1.56. The van der Waals surface area contributed by atoms with E-state index in [9.17, 15) is 9.59 Å². The lowest BCUT2D eigenvalue weighted by molar-refractivity contribution is -0.130. The maximum absolute atomic E-state index is 12.7. The monoisotopic (exact) mass is 362 g/mol. The third-order valence-corrected chi connectivity index (χ3v) is 4.93. The van der Waals surface area contributed by atoms with Crippen LogP contribution in [-0.4, -0.2) is 39.4 Å². The van der Waals surface area contributed by atoms with Crippen LogP contribution in [0.5, 0.6) is 0 Å². The van der Waals surface area contributed by atoms with Crippen LogP contribution in [-0.2, 0) is 17.9 Å². The van der Waals surface area contributed by atoms with Gasteiger partial charge < -0.3 is 14.8 Å². The summed E-state index contributed by atoms with van der Waals surface area (Å²) in [6, 6.07) is 16.8. The van der Waals surface area contributed by atoms with E-state index in [0.29, 0.717) is 11.4 Å². The number of amides is 2. The number of rotatable bonds is 5. The van der Waals surface area contributed by atoms with Crippen LogP contribution >= 0.6 is 0 Å². The molecule has 0 saturated carbocycles. The zero-order chi connectivity index (χ0) is 18.6. The largest absolute Gasteiger partial charge is 0.345 e. The Morgan fingerprint density at radius 2 is 1.67 bits per heavy atom. The van der Waals surface area contributed by atoms with Crippen LogP contribution in [0.1, 0.15) is 29.0 Å². The summed E-state index contributed by atoms with van der Waals surface area (Å²) in [7, 11) is 0. The quantitative estimate of drug-likeness (QED) is 0.759. The Morgan fingerprint density at radius 3 is 2.44 bits per heavy atom. The van der Waals surface area contributed by atoms with Crippen LogP contribution in [0.25, 0.3) is 11.0 Å². The zero-order valence-corrected chi connectivity index (χ0v) is 15.1. The number of likely N-dealkylation sites (tertiary alicyclic amines) is 1. The van der Waals surface area contributed by atoms with E-state index in [2.05, 4.69) is 10.3 Å². The minimum Gasteiger partial charge on any atom is -0.345 e. The van der Waals surface area contributed by atoms with Crippen LogP contribution in [0.3, 0.4) is 0 Å². The minimum atomic E-state index is -0.153. The molecule has 2 amide bonds. The van der Waals surface area contributed by atoms with Crippen molar-refractivity contribution in [3.63, 3.8) is 0 Å². The maximum Gasteiger partial charge on any atom is 0.251 e. The predicted molar refractivity (Wildman–Crippen MR) is 103 cm³/mol. The number of carbonyl (C=O) groups is 2. The van der Waals surface area contributed by atoms with E-state index in [0.717, 1.165) is 37.0 Å². The molecule has 1 N–H and O–H groups in total. The van der Waals surface area contributed by atoms with Crippen molar-refractivity contribution in [1.82, 2.24) is 19.8 Å². The summed E-state index contributed by atoms with van der Waals surface area (Å²) in [5.41, 5.74) is 2.35. The van der Waals surface area contributed by atoms with Gasteiger partial charge >= 0.3 is 0 Å². The molecule has 1 aliphatic rings. The van der Waals surface area contributed by atoms with Gasteiger partial charge in [0.1, 0.15) is 12.4 Å². The van der Waals surface area contributed by atoms with Gasteiger partial charge in [0.25, 0.3) is 5.91 Å². The van der Waals surface area contributed by atoms with E-state index in [-0.39, 0.29) is 24.9 Å². The normalized spacial score (nSPS) is 13.9. The van der Waals surface area contributed by atoms with E-state index < -0.39 is 0 Å². The number of fused-ring (bicyclic) bond motifs is 1. The fourth-order valence-corrected chi connectivity index (χ4v) is 3.49. The molecule has 6 heteroatoms. The molecule has 1 saturated heterocycles. The van der Waals surface area contributed by atoms with E-state index in [1.54, 1.807) is 12.1 Å². The number of benzene rings is 2. The van der Waals surface area contributed by atoms with Crippen molar-refractivity contribution < 1.29 is 9.59 Å². The predicted octanol–water partition coefficient (Wildman–Crippen LogP) is 2.59. The van der Waals surface area contributed by atoms with E-state index in [1.807, 2.05) is 51.9 Å². The lowest BCUT2D eigenvalue weighted by Gasteiger charge is -2.17. The molecule has 1 aliphatic heterocycles. The number of hydrogen-bond donors (Lipinski definition) is 1. The molecule has 2 heterocycles. The highest BCUT2D eigenvalue weighted by atomic mass is 16.2. The highest BCUT2D eigenvalue weighted by Crippen LogP contribution is 2.17. The van der Waals surface area contributed by atoms with E-state index in [4.69, 9.17) is 0 Å². The van der Waals surface area contributed by atoms with Crippen LogP contribution in [0.2, 0.25) is 0 Å². The first kappa shape index (κ1) is 17.3. The lowest BCUT2D eigenvalue weighted by atomic mass is 10.2. The molecule has 0 radical (unpaired) electrons. The topological polar surface area (TPSA) is 67.2 Å². The lowest BCUT2D eigenvalue weighted by Crippen LogP contribution is -2.32. The number of aromatic nitrogens is 2. The first-order chi connectivity index (χ1) is 13.2. The molecule has 0 aliphatic carbocycles. The van der Waals surface area contributed by atoms with Gasteiger partial charge in [-0.1, -0.05) is 30.3 Å². The highest BCUT2D eigenvalue weighted by molar-refractivity contribution is 5.94. The molecule has 6 nitrogen and oxygen atoms in total. The van der Waals surface area contributed by atoms with Crippen LogP contribution in [0.15, 0.2) is 54.6 Å². The minimum absolute atomic E-state index is 0.103. The van der Waals surface area contributed by atoms with Crippen molar-refractivity contribution in [3.8, 4) is 0 Å². The fourth-order valence-electron chi connectivity index (χ4n) is 3.49. The molecule has 138 valence electrons. The molecule has 0 unspecified atom stereocenters. The molecule has 0 bridgehead atoms. The Hall–Kier alpha value is -3.15. The summed E-state index contributed by atoms with van der Waals surface area (Å²) in [4.78, 5) is 31.6. The van der Waals surface area contributed by atoms with Gasteiger partial charge in [-0.15, -0.1) is 0 Å². The van der Waals surface area contributed by atoms with Gasteiger partial charge in [0.15, 0.2) is 0 Å². The number of hydrogen-bond acceptors (Lipinski definition) is 3. The van der Waals surface area contributed by atoms with Gasteiger partial charge in [-0.2, -0.15) is 0 Å². The van der Waals surface area contributed by atoms with Crippen LogP contribution < -0.4 is 5.32 Å². The second-order valence-electron chi connectivity index (χ2n) is 6.74. The average molecular weight is 362 g/mol. The third-order valence-electron chi connectivity index (χ3n) is 4.93. The van der Waals surface area contributed by atoms with E-state index >= 15 is 0 Å². The summed E-state index contributed by atoms with van der Waals surface area (Å²) in [6.45, 7) is 2.17. The standard InChI is InChI=1S/C21H22N4O2/c26-20(24-12-6-7-13-24)15-25-18-11-5-4-10-17(18)23-19(25)14-22-21(27)16-8-2-1-3-9-16/h1-5,8-11H,6-7,12-15H2,(H,22,27). The molecule has 1 fully saturated rings. The summed E-state index contributed by atoms with van der Waals surface area (Å²) in [5.74, 6) is 0.638. The summed E-state index contributed by atoms with van der Waals surface area (Å²) >= 11 is 0. The van der Waals surface area contributed by atoms with Crippen molar-refractivity contribution in [2.75, 3.05) is 13.1 Å².